The van der Waals surface area contributed by atoms with Crippen LogP contribution in [0.4, 0.5) is 0 Å². The van der Waals surface area contributed by atoms with Gasteiger partial charge in [0.05, 0.1) is 33.0 Å². The Morgan fingerprint density at radius 2 is 1.79 bits per heavy atom. The fourth-order valence-corrected chi connectivity index (χ4v) is 5.88. The predicted molar refractivity (Wildman–Crippen MR) is 153 cm³/mol. The summed E-state index contributed by atoms with van der Waals surface area (Å²) < 4.78 is 22.0. The summed E-state index contributed by atoms with van der Waals surface area (Å²) >= 11 is 0. The zero-order valence-electron chi connectivity index (χ0n) is 24.9. The van der Waals surface area contributed by atoms with Gasteiger partial charge in [-0.1, -0.05) is 33.8 Å². The summed E-state index contributed by atoms with van der Waals surface area (Å²) in [5, 5.41) is 14.2. The molecule has 222 valence electrons. The molecule has 0 radical (unpaired) electrons. The van der Waals surface area contributed by atoms with Gasteiger partial charge in [0.15, 0.2) is 11.5 Å². The molecule has 39 heavy (non-hydrogen) atoms. The lowest BCUT2D eigenvalue weighted by Crippen LogP contribution is -2.43. The van der Waals surface area contributed by atoms with Crippen molar-refractivity contribution in [1.29, 1.82) is 0 Å². The highest BCUT2D eigenvalue weighted by atomic mass is 16.5. The number of nitrogens with one attached hydrogen (secondary N) is 1. The van der Waals surface area contributed by atoms with E-state index in [1.54, 1.807) is 14.2 Å². The Balaban J connectivity index is 1.54. The van der Waals surface area contributed by atoms with Crippen molar-refractivity contribution in [3.05, 3.63) is 23.8 Å². The molecule has 1 heterocycles. The van der Waals surface area contributed by atoms with E-state index in [0.717, 1.165) is 37.4 Å². The van der Waals surface area contributed by atoms with Crippen molar-refractivity contribution >= 4 is 5.91 Å². The van der Waals surface area contributed by atoms with Crippen LogP contribution in [0, 0.1) is 41.4 Å². The van der Waals surface area contributed by atoms with Crippen molar-refractivity contribution < 1.29 is 28.8 Å². The minimum Gasteiger partial charge on any atom is -0.493 e. The van der Waals surface area contributed by atoms with E-state index in [2.05, 4.69) is 25.2 Å². The Kier molecular flexibility index (Phi) is 12.4. The quantitative estimate of drug-likeness (QED) is 0.240. The average Bonchev–Trinajstić information content (AvgIpc) is 3.32. The molecule has 1 aromatic rings. The molecule has 7 atom stereocenters. The molecule has 8 heteroatoms. The molecule has 2 fully saturated rings. The number of hydrogen-bond donors (Lipinski definition) is 3. The Bertz CT molecular complexity index is 884. The van der Waals surface area contributed by atoms with E-state index in [4.69, 9.17) is 24.7 Å². The first-order chi connectivity index (χ1) is 18.7. The Labute approximate surface area is 235 Å². The Morgan fingerprint density at radius 1 is 1.08 bits per heavy atom. The summed E-state index contributed by atoms with van der Waals surface area (Å²) in [5.74, 6) is 3.73. The fraction of sp³-hybridized carbons (Fsp3) is 0.774. The van der Waals surface area contributed by atoms with Gasteiger partial charge in [0.25, 0.3) is 0 Å². The molecule has 4 N–H and O–H groups in total. The van der Waals surface area contributed by atoms with Gasteiger partial charge in [-0.05, 0) is 72.5 Å². The van der Waals surface area contributed by atoms with Crippen molar-refractivity contribution in [2.75, 3.05) is 47.2 Å². The lowest BCUT2D eigenvalue weighted by Gasteiger charge is -2.30. The van der Waals surface area contributed by atoms with E-state index < -0.39 is 12.1 Å². The molecule has 1 aliphatic carbocycles. The second kappa shape index (κ2) is 15.2. The number of nitrogens with two attached hydrogens (primary N) is 1. The second-order valence-corrected chi connectivity index (χ2v) is 12.2. The van der Waals surface area contributed by atoms with Gasteiger partial charge in [0.1, 0.15) is 0 Å². The lowest BCUT2D eigenvalue weighted by atomic mass is 9.81. The molecule has 8 nitrogen and oxygen atoms in total. The van der Waals surface area contributed by atoms with E-state index in [1.807, 2.05) is 26.0 Å². The number of methoxy groups -OCH3 is 2. The first-order valence-electron chi connectivity index (χ1n) is 14.7. The molecule has 2 aliphatic rings. The number of aliphatic hydroxyl groups excluding tert-OH is 1. The molecule has 0 unspecified atom stereocenters. The monoisotopic (exact) mass is 548 g/mol. The van der Waals surface area contributed by atoms with Gasteiger partial charge >= 0.3 is 0 Å². The van der Waals surface area contributed by atoms with Crippen LogP contribution >= 0.6 is 0 Å². The maximum atomic E-state index is 13.0. The summed E-state index contributed by atoms with van der Waals surface area (Å²) in [6, 6.07) is 5.65. The number of carbonyl (C=O) groups is 1. The van der Waals surface area contributed by atoms with Crippen LogP contribution in [0.1, 0.15) is 52.5 Å². The number of ether oxygens (including phenoxy) is 4. The van der Waals surface area contributed by atoms with Crippen LogP contribution in [0.5, 0.6) is 11.5 Å². The van der Waals surface area contributed by atoms with Gasteiger partial charge < -0.3 is 35.1 Å². The zero-order valence-corrected chi connectivity index (χ0v) is 24.9. The van der Waals surface area contributed by atoms with Crippen LogP contribution in [0.3, 0.4) is 0 Å². The summed E-state index contributed by atoms with van der Waals surface area (Å²) in [6.45, 7) is 12.0. The maximum Gasteiger partial charge on any atom is 0.223 e. The Hall–Kier alpha value is -1.87. The van der Waals surface area contributed by atoms with Crippen LogP contribution in [0.2, 0.25) is 0 Å². The van der Waals surface area contributed by atoms with Crippen molar-refractivity contribution in [2.45, 2.75) is 65.5 Å². The highest BCUT2D eigenvalue weighted by Gasteiger charge is 2.53. The first kappa shape index (κ1) is 31.7. The van der Waals surface area contributed by atoms with Crippen molar-refractivity contribution in [3.63, 3.8) is 0 Å². The smallest absolute Gasteiger partial charge is 0.223 e. The summed E-state index contributed by atoms with van der Waals surface area (Å²) in [5.41, 5.74) is 7.72. The van der Waals surface area contributed by atoms with Crippen LogP contribution in [-0.4, -0.2) is 70.4 Å². The van der Waals surface area contributed by atoms with E-state index in [1.165, 1.54) is 0 Å². The van der Waals surface area contributed by atoms with E-state index in [9.17, 15) is 9.90 Å². The van der Waals surface area contributed by atoms with Gasteiger partial charge in [-0.15, -0.1) is 0 Å². The van der Waals surface area contributed by atoms with Crippen molar-refractivity contribution in [3.8, 4) is 11.5 Å². The van der Waals surface area contributed by atoms with Gasteiger partial charge in [0, 0.05) is 38.6 Å². The van der Waals surface area contributed by atoms with Gasteiger partial charge in [-0.2, -0.15) is 0 Å². The molecular weight excluding hydrogens is 496 g/mol. The summed E-state index contributed by atoms with van der Waals surface area (Å²) in [7, 11) is 3.33. The van der Waals surface area contributed by atoms with Crippen LogP contribution in [0.25, 0.3) is 0 Å². The number of amides is 1. The number of aliphatic hydroxyl groups is 1. The molecular formula is C31H52N2O6. The Morgan fingerprint density at radius 3 is 2.41 bits per heavy atom. The molecule has 0 aromatic heterocycles. The third kappa shape index (κ3) is 9.07. The van der Waals surface area contributed by atoms with E-state index >= 15 is 0 Å². The average molecular weight is 549 g/mol. The van der Waals surface area contributed by atoms with E-state index in [0.29, 0.717) is 62.0 Å². The van der Waals surface area contributed by atoms with E-state index in [-0.39, 0.29) is 23.7 Å². The molecule has 1 amide bonds. The van der Waals surface area contributed by atoms with Crippen LogP contribution < -0.4 is 20.5 Å². The molecule has 0 bridgehead atoms. The number of fused-ring (bicyclic) bond motifs is 1. The summed E-state index contributed by atoms with van der Waals surface area (Å²) in [4.78, 5) is 13.0. The van der Waals surface area contributed by atoms with Gasteiger partial charge in [-0.25, -0.2) is 0 Å². The van der Waals surface area contributed by atoms with Gasteiger partial charge in [0.2, 0.25) is 5.91 Å². The molecule has 0 spiro atoms. The molecule has 1 aromatic carbocycles. The highest BCUT2D eigenvalue weighted by molar-refractivity contribution is 5.79. The maximum absolute atomic E-state index is 13.0. The first-order valence-corrected chi connectivity index (χ1v) is 14.7. The fourth-order valence-electron chi connectivity index (χ4n) is 5.88. The number of hydrogen-bond acceptors (Lipinski definition) is 7. The minimum atomic E-state index is -0.742. The number of carbonyl (C=O) groups excluding carboxylic acids is 1. The highest BCUT2D eigenvalue weighted by Crippen LogP contribution is 2.50. The normalized spacial score (nSPS) is 23.3. The number of benzene rings is 1. The minimum absolute atomic E-state index is 0.0267. The SMILES string of the molecule is COCCCOc1cc(C[C@@H](C[C@H](N)[C@@H](O)C[C@H](C(=O)NC[C@@H]2[C@H]3COC[C@@H]23)C(C)C)C(C)C)ccc1OC. The molecule has 1 saturated heterocycles. The van der Waals surface area contributed by atoms with Gasteiger partial charge in [-0.3, -0.25) is 4.79 Å². The van der Waals surface area contributed by atoms with Crippen LogP contribution in [0.15, 0.2) is 18.2 Å². The van der Waals surface area contributed by atoms with Crippen molar-refractivity contribution in [2.24, 2.45) is 47.2 Å². The topological polar surface area (TPSA) is 112 Å². The predicted octanol–water partition coefficient (Wildman–Crippen LogP) is 3.67. The third-order valence-electron chi connectivity index (χ3n) is 8.77. The zero-order chi connectivity index (χ0) is 28.5. The number of rotatable bonds is 18. The second-order valence-electron chi connectivity index (χ2n) is 12.2. The molecule has 3 rings (SSSR count). The third-order valence-corrected chi connectivity index (χ3v) is 8.77. The van der Waals surface area contributed by atoms with Crippen molar-refractivity contribution in [1.82, 2.24) is 5.32 Å². The standard InChI is InChI=1S/C31H52N2O6/c1-19(2)22(12-21-8-9-29(37-6)30(13-21)39-11-7-10-36-5)14-27(32)28(34)15-23(20(3)4)31(35)33-16-24-25-17-38-18-26(24)25/h8-9,13,19-20,22-28,34H,7,10-12,14-18,32H2,1-6H3,(H,33,35)/t22-,23-,24-,25-,26+,27-,28-/m0/s1. The lowest BCUT2D eigenvalue weighted by molar-refractivity contribution is -0.127. The molecule has 1 aliphatic heterocycles. The summed E-state index contributed by atoms with van der Waals surface area (Å²) in [6.07, 6.45) is 1.92. The van der Waals surface area contributed by atoms with Crippen LogP contribution in [-0.2, 0) is 20.7 Å². The molecule has 1 saturated carbocycles. The largest absolute Gasteiger partial charge is 0.493 e.